The number of amides is 2. The molecule has 0 atom stereocenters. The van der Waals surface area contributed by atoms with Crippen molar-refractivity contribution in [1.29, 1.82) is 0 Å². The molecule has 0 fully saturated rings. The molecule has 0 aliphatic carbocycles. The second-order valence-electron chi connectivity index (χ2n) is 5.95. The number of methoxy groups -OCH3 is 2. The minimum Gasteiger partial charge on any atom is -0.465 e. The largest absolute Gasteiger partial charge is 0.465 e. The molecule has 0 heterocycles. The molecule has 8 nitrogen and oxygen atoms in total. The van der Waals surface area contributed by atoms with Gasteiger partial charge in [0.15, 0.2) is 0 Å². The molecular formula is C20H20N2O6. The zero-order valence-electron chi connectivity index (χ0n) is 15.9. The van der Waals surface area contributed by atoms with Gasteiger partial charge in [0.25, 0.3) is 0 Å². The van der Waals surface area contributed by atoms with E-state index >= 15 is 0 Å². The predicted molar refractivity (Wildman–Crippen MR) is 102 cm³/mol. The van der Waals surface area contributed by atoms with Crippen LogP contribution in [0.2, 0.25) is 0 Å². The molecule has 28 heavy (non-hydrogen) atoms. The number of carbonyl (C=O) groups excluding carboxylic acids is 4. The fraction of sp³-hybridized carbons (Fsp3) is 0.200. The predicted octanol–water partition coefficient (Wildman–Crippen LogP) is 2.45. The highest BCUT2D eigenvalue weighted by molar-refractivity contribution is 6.44. The van der Waals surface area contributed by atoms with Gasteiger partial charge in [-0.2, -0.15) is 0 Å². The minimum atomic E-state index is -1.01. The van der Waals surface area contributed by atoms with E-state index in [2.05, 4.69) is 20.1 Å². The summed E-state index contributed by atoms with van der Waals surface area (Å²) in [6, 6.07) is 9.11. The van der Waals surface area contributed by atoms with Crippen LogP contribution < -0.4 is 10.6 Å². The maximum atomic E-state index is 12.3. The summed E-state index contributed by atoms with van der Waals surface area (Å²) in [6.45, 7) is 3.81. The van der Waals surface area contributed by atoms with Gasteiger partial charge in [0, 0.05) is 5.69 Å². The number of carbonyl (C=O) groups is 4. The maximum absolute atomic E-state index is 12.3. The SMILES string of the molecule is COC(=O)c1ccc(C(=O)OC)c(NC(=O)C(=O)Nc2ccc(C)c(C)c2)c1. The van der Waals surface area contributed by atoms with Crippen molar-refractivity contribution >= 4 is 35.1 Å². The van der Waals surface area contributed by atoms with Crippen LogP contribution in [-0.4, -0.2) is 38.0 Å². The first-order valence-corrected chi connectivity index (χ1v) is 8.27. The van der Waals surface area contributed by atoms with Crippen LogP contribution in [0, 0.1) is 13.8 Å². The molecular weight excluding hydrogens is 364 g/mol. The highest BCUT2D eigenvalue weighted by Gasteiger charge is 2.20. The van der Waals surface area contributed by atoms with Gasteiger partial charge in [-0.05, 0) is 55.3 Å². The van der Waals surface area contributed by atoms with Crippen LogP contribution in [0.1, 0.15) is 31.8 Å². The van der Waals surface area contributed by atoms with Crippen molar-refractivity contribution in [3.8, 4) is 0 Å². The fourth-order valence-corrected chi connectivity index (χ4v) is 2.37. The molecule has 8 heteroatoms. The third kappa shape index (κ3) is 4.73. The Morgan fingerprint density at radius 3 is 2.00 bits per heavy atom. The summed E-state index contributed by atoms with van der Waals surface area (Å²) in [4.78, 5) is 48.1. The van der Waals surface area contributed by atoms with Crippen molar-refractivity contribution in [3.63, 3.8) is 0 Å². The summed E-state index contributed by atoms with van der Waals surface area (Å²) in [7, 11) is 2.38. The Morgan fingerprint density at radius 1 is 0.750 bits per heavy atom. The van der Waals surface area contributed by atoms with Gasteiger partial charge in [-0.25, -0.2) is 9.59 Å². The Kier molecular flexibility index (Phi) is 6.49. The normalized spacial score (nSPS) is 10.0. The molecule has 146 valence electrons. The van der Waals surface area contributed by atoms with Gasteiger partial charge >= 0.3 is 23.8 Å². The van der Waals surface area contributed by atoms with Crippen LogP contribution in [0.4, 0.5) is 11.4 Å². The average Bonchev–Trinajstić information content (AvgIpc) is 2.69. The molecule has 2 aromatic rings. The molecule has 0 radical (unpaired) electrons. The van der Waals surface area contributed by atoms with E-state index in [1.165, 1.54) is 32.4 Å². The van der Waals surface area contributed by atoms with Crippen molar-refractivity contribution in [3.05, 3.63) is 58.7 Å². The third-order valence-electron chi connectivity index (χ3n) is 4.07. The van der Waals surface area contributed by atoms with Gasteiger partial charge in [0.2, 0.25) is 0 Å². The summed E-state index contributed by atoms with van der Waals surface area (Å²) in [5.74, 6) is -3.33. The molecule has 0 bridgehead atoms. The number of aryl methyl sites for hydroxylation is 2. The van der Waals surface area contributed by atoms with Crippen LogP contribution in [0.3, 0.4) is 0 Å². The summed E-state index contributed by atoms with van der Waals surface area (Å²) in [5.41, 5.74) is 2.50. The standard InChI is InChI=1S/C20H20N2O6/c1-11-5-7-14(9-12(11)2)21-17(23)18(24)22-16-10-13(19(25)27-3)6-8-15(16)20(26)28-4/h5-10H,1-4H3,(H,21,23)(H,22,24). The smallest absolute Gasteiger partial charge is 0.339 e. The van der Waals surface area contributed by atoms with Crippen LogP contribution >= 0.6 is 0 Å². The molecule has 0 aliphatic heterocycles. The van der Waals surface area contributed by atoms with E-state index in [-0.39, 0.29) is 16.8 Å². The lowest BCUT2D eigenvalue weighted by Crippen LogP contribution is -2.30. The molecule has 2 amide bonds. The van der Waals surface area contributed by atoms with Crippen LogP contribution in [0.5, 0.6) is 0 Å². The Morgan fingerprint density at radius 2 is 1.39 bits per heavy atom. The van der Waals surface area contributed by atoms with E-state index in [4.69, 9.17) is 0 Å². The van der Waals surface area contributed by atoms with Crippen LogP contribution in [0.25, 0.3) is 0 Å². The fourth-order valence-electron chi connectivity index (χ4n) is 2.37. The van der Waals surface area contributed by atoms with Crippen molar-refractivity contribution in [2.24, 2.45) is 0 Å². The van der Waals surface area contributed by atoms with Crippen molar-refractivity contribution in [2.45, 2.75) is 13.8 Å². The zero-order valence-corrected chi connectivity index (χ0v) is 15.9. The molecule has 0 aliphatic rings. The molecule has 0 saturated carbocycles. The van der Waals surface area contributed by atoms with Crippen molar-refractivity contribution in [1.82, 2.24) is 0 Å². The highest BCUT2D eigenvalue weighted by Crippen LogP contribution is 2.20. The first-order chi connectivity index (χ1) is 13.3. The van der Waals surface area contributed by atoms with Gasteiger partial charge in [0.1, 0.15) is 0 Å². The Hall–Kier alpha value is -3.68. The second kappa shape index (κ2) is 8.81. The van der Waals surface area contributed by atoms with Crippen molar-refractivity contribution in [2.75, 3.05) is 24.9 Å². The molecule has 2 rings (SSSR count). The Labute approximate surface area is 161 Å². The number of nitrogens with one attached hydrogen (secondary N) is 2. The van der Waals surface area contributed by atoms with E-state index in [9.17, 15) is 19.2 Å². The second-order valence-corrected chi connectivity index (χ2v) is 5.95. The first kappa shape index (κ1) is 20.6. The molecule has 2 aromatic carbocycles. The number of hydrogen-bond acceptors (Lipinski definition) is 6. The topological polar surface area (TPSA) is 111 Å². The number of rotatable bonds is 4. The summed E-state index contributed by atoms with van der Waals surface area (Å²) in [6.07, 6.45) is 0. The summed E-state index contributed by atoms with van der Waals surface area (Å²) >= 11 is 0. The quantitative estimate of drug-likeness (QED) is 0.619. The number of anilines is 2. The lowest BCUT2D eigenvalue weighted by molar-refractivity contribution is -0.133. The maximum Gasteiger partial charge on any atom is 0.339 e. The molecule has 0 saturated heterocycles. The molecule has 2 N–H and O–H groups in total. The van der Waals surface area contributed by atoms with E-state index < -0.39 is 23.8 Å². The third-order valence-corrected chi connectivity index (χ3v) is 4.07. The highest BCUT2D eigenvalue weighted by atomic mass is 16.5. The minimum absolute atomic E-state index is 0.0116. The Bertz CT molecular complexity index is 952. The first-order valence-electron chi connectivity index (χ1n) is 8.27. The van der Waals surface area contributed by atoms with Gasteiger partial charge in [-0.15, -0.1) is 0 Å². The monoisotopic (exact) mass is 384 g/mol. The zero-order chi connectivity index (χ0) is 20.8. The van der Waals surface area contributed by atoms with E-state index in [1.807, 2.05) is 19.9 Å². The lowest BCUT2D eigenvalue weighted by atomic mass is 10.1. The molecule has 0 spiro atoms. The van der Waals surface area contributed by atoms with Gasteiger partial charge in [-0.3, -0.25) is 9.59 Å². The summed E-state index contributed by atoms with van der Waals surface area (Å²) < 4.78 is 9.28. The van der Waals surface area contributed by atoms with Crippen LogP contribution in [-0.2, 0) is 19.1 Å². The average molecular weight is 384 g/mol. The van der Waals surface area contributed by atoms with Gasteiger partial charge < -0.3 is 20.1 Å². The number of hydrogen-bond donors (Lipinski definition) is 2. The Balaban J connectivity index is 2.24. The molecule has 0 aromatic heterocycles. The van der Waals surface area contributed by atoms with E-state index in [0.29, 0.717) is 5.69 Å². The number of benzene rings is 2. The number of ether oxygens (including phenoxy) is 2. The summed E-state index contributed by atoms with van der Waals surface area (Å²) in [5, 5.41) is 4.81. The van der Waals surface area contributed by atoms with Crippen LogP contribution in [0.15, 0.2) is 36.4 Å². The van der Waals surface area contributed by atoms with Gasteiger partial charge in [-0.1, -0.05) is 6.07 Å². The lowest BCUT2D eigenvalue weighted by Gasteiger charge is -2.12. The van der Waals surface area contributed by atoms with E-state index in [0.717, 1.165) is 11.1 Å². The number of esters is 2. The van der Waals surface area contributed by atoms with Crippen molar-refractivity contribution < 1.29 is 28.7 Å². The van der Waals surface area contributed by atoms with Gasteiger partial charge in [0.05, 0.1) is 31.0 Å². The molecule has 0 unspecified atom stereocenters. The van der Waals surface area contributed by atoms with E-state index in [1.54, 1.807) is 12.1 Å².